The van der Waals surface area contributed by atoms with Crippen molar-refractivity contribution in [2.24, 2.45) is 5.92 Å². The summed E-state index contributed by atoms with van der Waals surface area (Å²) >= 11 is 0. The van der Waals surface area contributed by atoms with Crippen molar-refractivity contribution in [3.05, 3.63) is 0 Å². The summed E-state index contributed by atoms with van der Waals surface area (Å²) in [6, 6.07) is -0.168. The van der Waals surface area contributed by atoms with Gasteiger partial charge < -0.3 is 14.8 Å². The topological polar surface area (TPSA) is 47.6 Å². The fourth-order valence-electron chi connectivity index (χ4n) is 1.62. The van der Waals surface area contributed by atoms with Crippen molar-refractivity contribution in [2.75, 3.05) is 26.4 Å². The van der Waals surface area contributed by atoms with E-state index in [1.807, 2.05) is 13.8 Å². The van der Waals surface area contributed by atoms with Crippen molar-refractivity contribution in [1.82, 2.24) is 5.32 Å². The van der Waals surface area contributed by atoms with Crippen molar-refractivity contribution < 1.29 is 14.3 Å². The van der Waals surface area contributed by atoms with Crippen LogP contribution in [0, 0.1) is 5.92 Å². The Hall–Kier alpha value is -0.610. The van der Waals surface area contributed by atoms with Crippen LogP contribution in [-0.2, 0) is 14.3 Å². The fraction of sp³-hybridized carbons (Fsp3) is 0.923. The SMILES string of the molecule is CCOC(=O)C(CC)NCCCOCC1CC1. The predicted octanol–water partition coefficient (Wildman–Crippen LogP) is 1.73. The smallest absolute Gasteiger partial charge is 0.323 e. The van der Waals surface area contributed by atoms with Gasteiger partial charge in [0.05, 0.1) is 6.61 Å². The van der Waals surface area contributed by atoms with E-state index in [1.54, 1.807) is 0 Å². The van der Waals surface area contributed by atoms with E-state index in [4.69, 9.17) is 9.47 Å². The molecule has 0 heterocycles. The molecule has 1 saturated carbocycles. The Bertz CT molecular complexity index is 217. The Morgan fingerprint density at radius 2 is 2.18 bits per heavy atom. The van der Waals surface area contributed by atoms with Gasteiger partial charge in [-0.2, -0.15) is 0 Å². The molecule has 17 heavy (non-hydrogen) atoms. The first kappa shape index (κ1) is 14.5. The molecular weight excluding hydrogens is 218 g/mol. The highest BCUT2D eigenvalue weighted by molar-refractivity contribution is 5.75. The molecule has 0 aliphatic heterocycles. The van der Waals surface area contributed by atoms with Crippen molar-refractivity contribution in [2.45, 2.75) is 45.6 Å². The number of esters is 1. The highest BCUT2D eigenvalue weighted by Gasteiger charge is 2.21. The number of hydrogen-bond acceptors (Lipinski definition) is 4. The van der Waals surface area contributed by atoms with Crippen LogP contribution in [-0.4, -0.2) is 38.4 Å². The summed E-state index contributed by atoms with van der Waals surface area (Å²) in [6.07, 6.45) is 4.38. The molecule has 0 aromatic rings. The first-order valence-corrected chi connectivity index (χ1v) is 6.75. The summed E-state index contributed by atoms with van der Waals surface area (Å²) in [5.41, 5.74) is 0. The lowest BCUT2D eigenvalue weighted by Crippen LogP contribution is -2.38. The Morgan fingerprint density at radius 1 is 1.41 bits per heavy atom. The maximum absolute atomic E-state index is 11.5. The monoisotopic (exact) mass is 243 g/mol. The molecule has 1 aliphatic rings. The molecule has 0 bridgehead atoms. The van der Waals surface area contributed by atoms with E-state index in [1.165, 1.54) is 12.8 Å². The van der Waals surface area contributed by atoms with Gasteiger partial charge in [-0.15, -0.1) is 0 Å². The van der Waals surface area contributed by atoms with Gasteiger partial charge in [0, 0.05) is 13.2 Å². The van der Waals surface area contributed by atoms with E-state index in [0.29, 0.717) is 6.61 Å². The minimum atomic E-state index is -0.168. The molecule has 0 aromatic carbocycles. The molecule has 1 aliphatic carbocycles. The second-order valence-corrected chi connectivity index (χ2v) is 4.54. The van der Waals surface area contributed by atoms with Crippen LogP contribution in [0.4, 0.5) is 0 Å². The van der Waals surface area contributed by atoms with Gasteiger partial charge in [-0.25, -0.2) is 0 Å². The lowest BCUT2D eigenvalue weighted by atomic mass is 10.2. The van der Waals surface area contributed by atoms with Gasteiger partial charge in [-0.05, 0) is 45.1 Å². The highest BCUT2D eigenvalue weighted by Crippen LogP contribution is 2.28. The summed E-state index contributed by atoms with van der Waals surface area (Å²) in [5.74, 6) is 0.680. The van der Waals surface area contributed by atoms with E-state index in [-0.39, 0.29) is 12.0 Å². The summed E-state index contributed by atoms with van der Waals surface area (Å²) in [7, 11) is 0. The molecular formula is C13H25NO3. The van der Waals surface area contributed by atoms with Crippen LogP contribution in [0.25, 0.3) is 0 Å². The first-order valence-electron chi connectivity index (χ1n) is 6.75. The third-order valence-electron chi connectivity index (χ3n) is 2.89. The average molecular weight is 243 g/mol. The Balaban J connectivity index is 1.95. The van der Waals surface area contributed by atoms with Crippen LogP contribution in [0.1, 0.15) is 39.5 Å². The lowest BCUT2D eigenvalue weighted by Gasteiger charge is -2.15. The highest BCUT2D eigenvalue weighted by atomic mass is 16.5. The second-order valence-electron chi connectivity index (χ2n) is 4.54. The second kappa shape index (κ2) is 8.48. The summed E-state index contributed by atoms with van der Waals surface area (Å²) in [4.78, 5) is 11.5. The quantitative estimate of drug-likeness (QED) is 0.469. The third-order valence-corrected chi connectivity index (χ3v) is 2.89. The molecule has 1 atom stereocenters. The minimum Gasteiger partial charge on any atom is -0.465 e. The molecule has 4 nitrogen and oxygen atoms in total. The zero-order chi connectivity index (χ0) is 12.5. The molecule has 1 N–H and O–H groups in total. The van der Waals surface area contributed by atoms with Crippen LogP contribution < -0.4 is 5.32 Å². The normalized spacial score (nSPS) is 16.8. The van der Waals surface area contributed by atoms with E-state index in [2.05, 4.69) is 5.32 Å². The molecule has 1 rings (SSSR count). The predicted molar refractivity (Wildman–Crippen MR) is 66.9 cm³/mol. The molecule has 0 spiro atoms. The van der Waals surface area contributed by atoms with E-state index < -0.39 is 0 Å². The van der Waals surface area contributed by atoms with Crippen LogP contribution in [0.2, 0.25) is 0 Å². The van der Waals surface area contributed by atoms with Crippen LogP contribution in [0.3, 0.4) is 0 Å². The maximum Gasteiger partial charge on any atom is 0.323 e. The lowest BCUT2D eigenvalue weighted by molar-refractivity contribution is -0.145. The zero-order valence-electron chi connectivity index (χ0n) is 11.0. The van der Waals surface area contributed by atoms with Crippen LogP contribution in [0.5, 0.6) is 0 Å². The van der Waals surface area contributed by atoms with Gasteiger partial charge in [0.15, 0.2) is 0 Å². The van der Waals surface area contributed by atoms with Gasteiger partial charge in [-0.3, -0.25) is 4.79 Å². The Labute approximate surface area is 104 Å². The van der Waals surface area contributed by atoms with Crippen molar-refractivity contribution >= 4 is 5.97 Å². The first-order chi connectivity index (χ1) is 8.27. The summed E-state index contributed by atoms with van der Waals surface area (Å²) < 4.78 is 10.5. The van der Waals surface area contributed by atoms with Crippen LogP contribution >= 0.6 is 0 Å². The largest absolute Gasteiger partial charge is 0.465 e. The molecule has 0 radical (unpaired) electrons. The number of rotatable bonds is 10. The zero-order valence-corrected chi connectivity index (χ0v) is 11.0. The molecule has 0 aromatic heterocycles. The summed E-state index contributed by atoms with van der Waals surface area (Å²) in [6.45, 7) is 6.76. The number of hydrogen-bond donors (Lipinski definition) is 1. The number of nitrogens with one attached hydrogen (secondary N) is 1. The number of carbonyl (C=O) groups is 1. The molecule has 1 unspecified atom stereocenters. The Morgan fingerprint density at radius 3 is 2.76 bits per heavy atom. The average Bonchev–Trinajstić information content (AvgIpc) is 3.12. The van der Waals surface area contributed by atoms with E-state index in [9.17, 15) is 4.79 Å². The summed E-state index contributed by atoms with van der Waals surface area (Å²) in [5, 5.41) is 3.20. The van der Waals surface area contributed by atoms with Crippen molar-refractivity contribution in [1.29, 1.82) is 0 Å². The molecule has 1 fully saturated rings. The van der Waals surface area contributed by atoms with Gasteiger partial charge in [0.2, 0.25) is 0 Å². The Kier molecular flexibility index (Phi) is 7.21. The molecule has 0 amide bonds. The van der Waals surface area contributed by atoms with Gasteiger partial charge in [0.25, 0.3) is 0 Å². The van der Waals surface area contributed by atoms with Gasteiger partial charge >= 0.3 is 5.97 Å². The fourth-order valence-corrected chi connectivity index (χ4v) is 1.62. The van der Waals surface area contributed by atoms with E-state index >= 15 is 0 Å². The standard InChI is InChI=1S/C13H25NO3/c1-3-12(13(15)17-4-2)14-8-5-9-16-10-11-6-7-11/h11-12,14H,3-10H2,1-2H3. The number of ether oxygens (including phenoxy) is 2. The van der Waals surface area contributed by atoms with Crippen molar-refractivity contribution in [3.8, 4) is 0 Å². The van der Waals surface area contributed by atoms with Gasteiger partial charge in [-0.1, -0.05) is 6.92 Å². The molecule has 4 heteroatoms. The van der Waals surface area contributed by atoms with Crippen molar-refractivity contribution in [3.63, 3.8) is 0 Å². The molecule has 0 saturated heterocycles. The maximum atomic E-state index is 11.5. The van der Waals surface area contributed by atoms with Gasteiger partial charge in [0.1, 0.15) is 6.04 Å². The number of carbonyl (C=O) groups excluding carboxylic acids is 1. The van der Waals surface area contributed by atoms with E-state index in [0.717, 1.165) is 38.5 Å². The molecule has 100 valence electrons. The third kappa shape index (κ3) is 6.64. The minimum absolute atomic E-state index is 0.145. The van der Waals surface area contributed by atoms with Crippen LogP contribution in [0.15, 0.2) is 0 Å².